The fourth-order valence-electron chi connectivity index (χ4n) is 0.720. The first-order chi connectivity index (χ1) is 6.04. The minimum Gasteiger partial charge on any atom is -0.478 e. The first-order valence-electron chi connectivity index (χ1n) is 3.87. The van der Waals surface area contributed by atoms with E-state index in [4.69, 9.17) is 10.8 Å². The molecule has 0 aliphatic carbocycles. The summed E-state index contributed by atoms with van der Waals surface area (Å²) in [6, 6.07) is 0. The minimum absolute atomic E-state index is 0.166. The van der Waals surface area contributed by atoms with Gasteiger partial charge < -0.3 is 15.6 Å². The third kappa shape index (κ3) is 6.86. The van der Waals surface area contributed by atoms with Gasteiger partial charge in [-0.1, -0.05) is 6.58 Å². The Labute approximate surface area is 76.2 Å². The predicted molar refractivity (Wildman–Crippen MR) is 46.2 cm³/mol. The molecule has 5 heteroatoms. The molecule has 0 saturated carbocycles. The van der Waals surface area contributed by atoms with Crippen LogP contribution in [0.4, 0.5) is 4.79 Å². The SMILES string of the molecule is C=C(CCCCOC(N)=O)C(=O)O. The fraction of sp³-hybridized carbons (Fsp3) is 0.500. The molecule has 0 rings (SSSR count). The zero-order valence-electron chi connectivity index (χ0n) is 7.28. The zero-order chi connectivity index (χ0) is 10.3. The van der Waals surface area contributed by atoms with Gasteiger partial charge in [-0.05, 0) is 19.3 Å². The normalized spacial score (nSPS) is 9.23. The van der Waals surface area contributed by atoms with E-state index in [-0.39, 0.29) is 12.2 Å². The Balaban J connectivity index is 3.31. The van der Waals surface area contributed by atoms with Crippen molar-refractivity contribution in [2.45, 2.75) is 19.3 Å². The highest BCUT2D eigenvalue weighted by molar-refractivity contribution is 5.85. The van der Waals surface area contributed by atoms with E-state index in [2.05, 4.69) is 11.3 Å². The van der Waals surface area contributed by atoms with Gasteiger partial charge in [0.25, 0.3) is 0 Å². The van der Waals surface area contributed by atoms with Crippen LogP contribution in [-0.4, -0.2) is 23.8 Å². The molecule has 0 aliphatic rings. The summed E-state index contributed by atoms with van der Waals surface area (Å²) < 4.78 is 4.45. The Kier molecular flexibility index (Phi) is 5.34. The molecule has 3 N–H and O–H groups in total. The maximum Gasteiger partial charge on any atom is 0.404 e. The number of aliphatic carboxylic acids is 1. The lowest BCUT2D eigenvalue weighted by molar-refractivity contribution is -0.132. The van der Waals surface area contributed by atoms with E-state index in [1.807, 2.05) is 0 Å². The van der Waals surface area contributed by atoms with Crippen LogP contribution in [0.5, 0.6) is 0 Å². The van der Waals surface area contributed by atoms with Gasteiger partial charge in [0.2, 0.25) is 0 Å². The number of carbonyl (C=O) groups is 2. The molecule has 0 aromatic rings. The second kappa shape index (κ2) is 6.05. The molecule has 0 bridgehead atoms. The number of amides is 1. The molecule has 13 heavy (non-hydrogen) atoms. The summed E-state index contributed by atoms with van der Waals surface area (Å²) in [5.41, 5.74) is 4.88. The van der Waals surface area contributed by atoms with E-state index in [0.717, 1.165) is 0 Å². The number of primary amides is 1. The Morgan fingerprint density at radius 2 is 2.00 bits per heavy atom. The zero-order valence-corrected chi connectivity index (χ0v) is 7.28. The second-order valence-electron chi connectivity index (χ2n) is 2.53. The molecule has 0 fully saturated rings. The Morgan fingerprint density at radius 1 is 1.38 bits per heavy atom. The van der Waals surface area contributed by atoms with E-state index < -0.39 is 12.1 Å². The highest BCUT2D eigenvalue weighted by atomic mass is 16.5. The molecule has 0 unspecified atom stereocenters. The van der Waals surface area contributed by atoms with Gasteiger partial charge >= 0.3 is 12.1 Å². The van der Waals surface area contributed by atoms with Crippen LogP contribution in [0, 0.1) is 0 Å². The number of nitrogens with two attached hydrogens (primary N) is 1. The van der Waals surface area contributed by atoms with E-state index in [1.165, 1.54) is 0 Å². The lowest BCUT2D eigenvalue weighted by Crippen LogP contribution is -2.13. The molecule has 0 radical (unpaired) electrons. The molecule has 0 aromatic heterocycles. The number of hydrogen-bond donors (Lipinski definition) is 2. The summed E-state index contributed by atoms with van der Waals surface area (Å²) in [6.07, 6.45) is 0.808. The van der Waals surface area contributed by atoms with Crippen LogP contribution in [0.2, 0.25) is 0 Å². The van der Waals surface area contributed by atoms with Gasteiger partial charge in [0.15, 0.2) is 0 Å². The smallest absolute Gasteiger partial charge is 0.404 e. The molecule has 74 valence electrons. The first-order valence-corrected chi connectivity index (χ1v) is 3.87. The largest absolute Gasteiger partial charge is 0.478 e. The quantitative estimate of drug-likeness (QED) is 0.477. The summed E-state index contributed by atoms with van der Waals surface area (Å²) in [6.45, 7) is 3.58. The molecule has 5 nitrogen and oxygen atoms in total. The summed E-state index contributed by atoms with van der Waals surface area (Å²) in [5.74, 6) is -0.990. The maximum atomic E-state index is 10.3. The van der Waals surface area contributed by atoms with Crippen LogP contribution in [0.15, 0.2) is 12.2 Å². The van der Waals surface area contributed by atoms with Crippen LogP contribution >= 0.6 is 0 Å². The van der Waals surface area contributed by atoms with Crippen LogP contribution in [-0.2, 0) is 9.53 Å². The van der Waals surface area contributed by atoms with Crippen molar-refractivity contribution in [3.05, 3.63) is 12.2 Å². The molecule has 0 spiro atoms. The van der Waals surface area contributed by atoms with E-state index >= 15 is 0 Å². The average Bonchev–Trinajstić information content (AvgIpc) is 2.02. The summed E-state index contributed by atoms with van der Waals surface area (Å²) in [7, 11) is 0. The van der Waals surface area contributed by atoms with Gasteiger partial charge in [-0.3, -0.25) is 0 Å². The van der Waals surface area contributed by atoms with Crippen molar-refractivity contribution >= 4 is 12.1 Å². The molecule has 0 aliphatic heterocycles. The number of unbranched alkanes of at least 4 members (excludes halogenated alkanes) is 1. The lowest BCUT2D eigenvalue weighted by Gasteiger charge is -2.01. The molecule has 1 amide bonds. The predicted octanol–water partition coefficient (Wildman–Crippen LogP) is 0.893. The number of ether oxygens (including phenoxy) is 1. The third-order valence-corrected chi connectivity index (χ3v) is 1.42. The number of carbonyl (C=O) groups excluding carboxylic acids is 1. The number of carboxylic acid groups (broad SMARTS) is 1. The summed E-state index contributed by atoms with van der Waals surface area (Å²) in [4.78, 5) is 20.4. The van der Waals surface area contributed by atoms with Crippen molar-refractivity contribution in [3.8, 4) is 0 Å². The minimum atomic E-state index is -0.990. The highest BCUT2D eigenvalue weighted by Gasteiger charge is 2.02. The standard InChI is InChI=1S/C8H13NO4/c1-6(7(10)11)4-2-3-5-13-8(9)12/h1-5H2,(H2,9,12)(H,10,11). The van der Waals surface area contributed by atoms with Gasteiger partial charge in [-0.15, -0.1) is 0 Å². The number of hydrogen-bond acceptors (Lipinski definition) is 3. The Hall–Kier alpha value is -1.52. The van der Waals surface area contributed by atoms with Crippen molar-refractivity contribution in [1.29, 1.82) is 0 Å². The van der Waals surface area contributed by atoms with E-state index in [0.29, 0.717) is 19.3 Å². The Morgan fingerprint density at radius 3 is 2.46 bits per heavy atom. The van der Waals surface area contributed by atoms with Crippen LogP contribution < -0.4 is 5.73 Å². The van der Waals surface area contributed by atoms with Crippen molar-refractivity contribution in [2.75, 3.05) is 6.61 Å². The van der Waals surface area contributed by atoms with Gasteiger partial charge in [0.1, 0.15) is 0 Å². The fourth-order valence-corrected chi connectivity index (χ4v) is 0.720. The number of carboxylic acids is 1. The van der Waals surface area contributed by atoms with E-state index in [9.17, 15) is 9.59 Å². The summed E-state index contributed by atoms with van der Waals surface area (Å²) >= 11 is 0. The molecular formula is C8H13NO4. The maximum absolute atomic E-state index is 10.3. The van der Waals surface area contributed by atoms with E-state index in [1.54, 1.807) is 0 Å². The van der Waals surface area contributed by atoms with Gasteiger partial charge in [0.05, 0.1) is 6.61 Å². The number of rotatable bonds is 6. The second-order valence-corrected chi connectivity index (χ2v) is 2.53. The summed E-state index contributed by atoms with van der Waals surface area (Å²) in [5, 5.41) is 8.42. The van der Waals surface area contributed by atoms with Crippen molar-refractivity contribution < 1.29 is 19.4 Å². The van der Waals surface area contributed by atoms with Crippen LogP contribution in [0.3, 0.4) is 0 Å². The lowest BCUT2D eigenvalue weighted by atomic mass is 10.1. The van der Waals surface area contributed by atoms with Crippen molar-refractivity contribution in [3.63, 3.8) is 0 Å². The van der Waals surface area contributed by atoms with Crippen LogP contribution in [0.25, 0.3) is 0 Å². The molecule has 0 saturated heterocycles. The van der Waals surface area contributed by atoms with Gasteiger partial charge in [-0.2, -0.15) is 0 Å². The van der Waals surface area contributed by atoms with Gasteiger partial charge in [0, 0.05) is 5.57 Å². The first kappa shape index (κ1) is 11.5. The van der Waals surface area contributed by atoms with Gasteiger partial charge in [-0.25, -0.2) is 9.59 Å². The average molecular weight is 187 g/mol. The monoisotopic (exact) mass is 187 g/mol. The van der Waals surface area contributed by atoms with Crippen molar-refractivity contribution in [2.24, 2.45) is 5.73 Å². The molecule has 0 aromatic carbocycles. The highest BCUT2D eigenvalue weighted by Crippen LogP contribution is 2.04. The third-order valence-electron chi connectivity index (χ3n) is 1.42. The molecule has 0 atom stereocenters. The Bertz CT molecular complexity index is 212. The molecular weight excluding hydrogens is 174 g/mol. The topological polar surface area (TPSA) is 89.6 Å². The van der Waals surface area contributed by atoms with Crippen LogP contribution in [0.1, 0.15) is 19.3 Å². The van der Waals surface area contributed by atoms with Crippen molar-refractivity contribution in [1.82, 2.24) is 0 Å². The molecule has 0 heterocycles.